The zero-order valence-corrected chi connectivity index (χ0v) is 12.9. The molecule has 3 aromatic carbocycles. The lowest BCUT2D eigenvalue weighted by molar-refractivity contribution is -0.114. The van der Waals surface area contributed by atoms with Gasteiger partial charge in [-0.1, -0.05) is 48.0 Å². The number of rotatable bonds is 4. The minimum Gasteiger partial charge on any atom is -0.376 e. The Hall–Kier alpha value is -2.59. The molecule has 1 amide bonds. The molecule has 0 aromatic heterocycles. The van der Waals surface area contributed by atoms with E-state index in [-0.39, 0.29) is 17.5 Å². The highest BCUT2D eigenvalue weighted by atomic mass is 35.5. The van der Waals surface area contributed by atoms with E-state index in [4.69, 9.17) is 11.6 Å². The highest BCUT2D eigenvalue weighted by molar-refractivity contribution is 6.31. The monoisotopic (exact) mass is 328 g/mol. The van der Waals surface area contributed by atoms with Crippen molar-refractivity contribution in [2.45, 2.75) is 0 Å². The minimum atomic E-state index is -0.515. The number of hydrogen-bond donors (Lipinski definition) is 2. The van der Waals surface area contributed by atoms with Gasteiger partial charge in [0.1, 0.15) is 5.82 Å². The average Bonchev–Trinajstić information content (AvgIpc) is 2.56. The second-order valence-electron chi connectivity index (χ2n) is 5.06. The lowest BCUT2D eigenvalue weighted by Gasteiger charge is -2.10. The molecule has 0 spiro atoms. The van der Waals surface area contributed by atoms with Gasteiger partial charge in [0.05, 0.1) is 11.6 Å². The van der Waals surface area contributed by atoms with E-state index < -0.39 is 5.82 Å². The first-order valence-electron chi connectivity index (χ1n) is 7.10. The lowest BCUT2D eigenvalue weighted by atomic mass is 10.1. The van der Waals surface area contributed by atoms with Crippen LogP contribution in [0.15, 0.2) is 60.7 Å². The van der Waals surface area contributed by atoms with Gasteiger partial charge in [0.25, 0.3) is 0 Å². The molecule has 5 heteroatoms. The number of carbonyl (C=O) groups is 1. The largest absolute Gasteiger partial charge is 0.376 e. The van der Waals surface area contributed by atoms with E-state index in [9.17, 15) is 9.18 Å². The van der Waals surface area contributed by atoms with E-state index in [1.54, 1.807) is 0 Å². The summed E-state index contributed by atoms with van der Waals surface area (Å²) in [5, 5.41) is 7.92. The Labute approximate surface area is 138 Å². The maximum atomic E-state index is 13.1. The molecule has 0 unspecified atom stereocenters. The van der Waals surface area contributed by atoms with E-state index in [1.807, 2.05) is 42.5 Å². The molecule has 3 nitrogen and oxygen atoms in total. The molecular weight excluding hydrogens is 315 g/mol. The van der Waals surface area contributed by atoms with Crippen LogP contribution in [0, 0.1) is 5.82 Å². The van der Waals surface area contributed by atoms with E-state index in [1.165, 1.54) is 18.2 Å². The van der Waals surface area contributed by atoms with Crippen molar-refractivity contribution in [2.24, 2.45) is 0 Å². The van der Waals surface area contributed by atoms with E-state index >= 15 is 0 Å². The van der Waals surface area contributed by atoms with Crippen molar-refractivity contribution in [3.05, 3.63) is 71.5 Å². The quantitative estimate of drug-likeness (QED) is 0.730. The highest BCUT2D eigenvalue weighted by Crippen LogP contribution is 2.23. The van der Waals surface area contributed by atoms with Crippen LogP contribution in [0.25, 0.3) is 10.8 Å². The molecule has 0 bridgehead atoms. The Morgan fingerprint density at radius 3 is 2.65 bits per heavy atom. The van der Waals surface area contributed by atoms with Crippen LogP contribution in [0.2, 0.25) is 5.02 Å². The first kappa shape index (κ1) is 15.3. The number of nitrogens with one attached hydrogen (secondary N) is 2. The molecule has 0 aliphatic heterocycles. The number of anilines is 2. The molecular formula is C18H14ClFN2O. The Morgan fingerprint density at radius 2 is 1.83 bits per heavy atom. The molecule has 2 N–H and O–H groups in total. The second kappa shape index (κ2) is 6.67. The Balaban J connectivity index is 1.67. The molecule has 0 radical (unpaired) electrons. The summed E-state index contributed by atoms with van der Waals surface area (Å²) in [7, 11) is 0. The topological polar surface area (TPSA) is 41.1 Å². The molecule has 0 heterocycles. The van der Waals surface area contributed by atoms with Crippen LogP contribution in [0.4, 0.5) is 15.8 Å². The van der Waals surface area contributed by atoms with Gasteiger partial charge in [0.15, 0.2) is 0 Å². The van der Waals surface area contributed by atoms with Gasteiger partial charge < -0.3 is 10.6 Å². The summed E-state index contributed by atoms with van der Waals surface area (Å²) < 4.78 is 13.1. The molecule has 0 aliphatic rings. The molecule has 0 atom stereocenters. The predicted molar refractivity (Wildman–Crippen MR) is 92.5 cm³/mol. The fourth-order valence-corrected chi connectivity index (χ4v) is 2.51. The number of hydrogen-bond acceptors (Lipinski definition) is 2. The van der Waals surface area contributed by atoms with Crippen molar-refractivity contribution >= 4 is 39.7 Å². The van der Waals surface area contributed by atoms with Crippen LogP contribution in [0.5, 0.6) is 0 Å². The standard InChI is InChI=1S/C18H14ClFN2O/c19-15-10-13(8-9-16(15)20)22-18(23)11-21-17-7-3-5-12-4-1-2-6-14(12)17/h1-10,21H,11H2,(H,22,23). The van der Waals surface area contributed by atoms with Crippen molar-refractivity contribution < 1.29 is 9.18 Å². The van der Waals surface area contributed by atoms with Gasteiger partial charge in [-0.25, -0.2) is 4.39 Å². The van der Waals surface area contributed by atoms with E-state index in [0.717, 1.165) is 16.5 Å². The van der Waals surface area contributed by atoms with Crippen molar-refractivity contribution in [3.63, 3.8) is 0 Å². The van der Waals surface area contributed by atoms with Crippen LogP contribution >= 0.6 is 11.6 Å². The number of amides is 1. The fraction of sp³-hybridized carbons (Fsp3) is 0.0556. The first-order chi connectivity index (χ1) is 11.1. The maximum absolute atomic E-state index is 13.1. The van der Waals surface area contributed by atoms with Crippen LogP contribution in [0.1, 0.15) is 0 Å². The summed E-state index contributed by atoms with van der Waals surface area (Å²) in [6.45, 7) is 0.100. The van der Waals surface area contributed by atoms with Crippen molar-refractivity contribution in [1.29, 1.82) is 0 Å². The highest BCUT2D eigenvalue weighted by Gasteiger charge is 2.06. The molecule has 0 aliphatic carbocycles. The van der Waals surface area contributed by atoms with Gasteiger partial charge in [-0.05, 0) is 29.7 Å². The summed E-state index contributed by atoms with van der Waals surface area (Å²) in [6.07, 6.45) is 0. The second-order valence-corrected chi connectivity index (χ2v) is 5.46. The Kier molecular flexibility index (Phi) is 4.44. The summed E-state index contributed by atoms with van der Waals surface area (Å²) in [5.41, 5.74) is 1.34. The molecule has 0 fully saturated rings. The van der Waals surface area contributed by atoms with Crippen molar-refractivity contribution in [1.82, 2.24) is 0 Å². The summed E-state index contributed by atoms with van der Waals surface area (Å²) in [5.74, 6) is -0.751. The normalized spacial score (nSPS) is 10.5. The van der Waals surface area contributed by atoms with E-state index in [0.29, 0.717) is 5.69 Å². The SMILES string of the molecule is O=C(CNc1cccc2ccccc12)Nc1ccc(F)c(Cl)c1. The average molecular weight is 329 g/mol. The third-order valence-electron chi connectivity index (χ3n) is 3.43. The zero-order chi connectivity index (χ0) is 16.2. The summed E-state index contributed by atoms with van der Waals surface area (Å²) in [4.78, 5) is 12.0. The van der Waals surface area contributed by atoms with Gasteiger partial charge in [-0.2, -0.15) is 0 Å². The number of halogens is 2. The van der Waals surface area contributed by atoms with Crippen LogP contribution in [0.3, 0.4) is 0 Å². The first-order valence-corrected chi connectivity index (χ1v) is 7.48. The molecule has 23 heavy (non-hydrogen) atoms. The summed E-state index contributed by atoms with van der Waals surface area (Å²) >= 11 is 5.69. The minimum absolute atomic E-state index is 0.0233. The predicted octanol–water partition coefficient (Wildman–Crippen LogP) is 4.68. The molecule has 116 valence electrons. The number of benzene rings is 3. The van der Waals surface area contributed by atoms with Gasteiger partial charge >= 0.3 is 0 Å². The smallest absolute Gasteiger partial charge is 0.243 e. The molecule has 0 saturated carbocycles. The van der Waals surface area contributed by atoms with Gasteiger partial charge in [-0.3, -0.25) is 4.79 Å². The van der Waals surface area contributed by atoms with E-state index in [2.05, 4.69) is 10.6 Å². The van der Waals surface area contributed by atoms with Gasteiger partial charge in [0.2, 0.25) is 5.91 Å². The summed E-state index contributed by atoms with van der Waals surface area (Å²) in [6, 6.07) is 17.9. The van der Waals surface area contributed by atoms with Gasteiger partial charge in [-0.15, -0.1) is 0 Å². The molecule has 3 rings (SSSR count). The number of fused-ring (bicyclic) bond motifs is 1. The molecule has 0 saturated heterocycles. The maximum Gasteiger partial charge on any atom is 0.243 e. The Morgan fingerprint density at radius 1 is 1.04 bits per heavy atom. The van der Waals surface area contributed by atoms with Crippen molar-refractivity contribution in [2.75, 3.05) is 17.2 Å². The van der Waals surface area contributed by atoms with Crippen LogP contribution < -0.4 is 10.6 Å². The fourth-order valence-electron chi connectivity index (χ4n) is 2.33. The number of carbonyl (C=O) groups excluding carboxylic acids is 1. The third kappa shape index (κ3) is 3.60. The third-order valence-corrected chi connectivity index (χ3v) is 3.72. The zero-order valence-electron chi connectivity index (χ0n) is 12.1. The van der Waals surface area contributed by atoms with Crippen molar-refractivity contribution in [3.8, 4) is 0 Å². The van der Waals surface area contributed by atoms with Gasteiger partial charge in [0, 0.05) is 16.8 Å². The molecule has 3 aromatic rings. The lowest BCUT2D eigenvalue weighted by Crippen LogP contribution is -2.21. The Bertz CT molecular complexity index is 861. The van der Waals surface area contributed by atoms with Crippen LogP contribution in [-0.4, -0.2) is 12.5 Å². The van der Waals surface area contributed by atoms with Crippen LogP contribution in [-0.2, 0) is 4.79 Å².